The number of aromatic nitrogens is 1. The first kappa shape index (κ1) is 25.9. The topological polar surface area (TPSA) is 73.6 Å². The lowest BCUT2D eigenvalue weighted by Crippen LogP contribution is -2.55. The highest BCUT2D eigenvalue weighted by Crippen LogP contribution is 2.42. The molecule has 8 nitrogen and oxygen atoms in total. The minimum Gasteiger partial charge on any atom is -0.444 e. The fraction of sp³-hybridized carbons (Fsp3) is 0.524. The molecule has 1 amide bonds. The number of rotatable bonds is 4. The van der Waals surface area contributed by atoms with Crippen LogP contribution in [0.25, 0.3) is 0 Å². The Bertz CT molecular complexity index is 919. The van der Waals surface area contributed by atoms with Gasteiger partial charge < -0.3 is 14.5 Å². The number of anilines is 2. The zero-order valence-corrected chi connectivity index (χ0v) is 20.9. The van der Waals surface area contributed by atoms with Gasteiger partial charge in [0.2, 0.25) is 0 Å². The van der Waals surface area contributed by atoms with Gasteiger partial charge in [0.25, 0.3) is 0 Å². The van der Waals surface area contributed by atoms with Gasteiger partial charge in [0.15, 0.2) is 22.0 Å². The second-order valence-corrected chi connectivity index (χ2v) is 9.44. The molecule has 1 unspecified atom stereocenters. The summed E-state index contributed by atoms with van der Waals surface area (Å²) in [6.07, 6.45) is 3.02. The number of carbonyl (C=O) groups is 1. The summed E-state index contributed by atoms with van der Waals surface area (Å²) in [6, 6.07) is -0.360. The molecule has 0 spiro atoms. The summed E-state index contributed by atoms with van der Waals surface area (Å²) < 4.78 is 20.7. The van der Waals surface area contributed by atoms with Crippen LogP contribution in [0.4, 0.5) is 26.4 Å². The highest BCUT2D eigenvalue weighted by Gasteiger charge is 2.35. The molecule has 0 saturated carbocycles. The van der Waals surface area contributed by atoms with E-state index in [2.05, 4.69) is 28.3 Å². The Kier molecular flexibility index (Phi) is 8.53. The lowest BCUT2D eigenvalue weighted by atomic mass is 10.1. The van der Waals surface area contributed by atoms with Crippen molar-refractivity contribution in [2.45, 2.75) is 32.4 Å². The first-order chi connectivity index (χ1) is 14.9. The highest BCUT2D eigenvalue weighted by atomic mass is 35.5. The smallest absolute Gasteiger partial charge is 0.410 e. The number of hydrogen-bond acceptors (Lipinski definition) is 7. The number of nitrogens with zero attached hydrogens (tertiary/aromatic N) is 6. The Morgan fingerprint density at radius 3 is 2.56 bits per heavy atom. The number of piperazine rings is 1. The van der Waals surface area contributed by atoms with Crippen molar-refractivity contribution in [1.29, 1.82) is 0 Å². The van der Waals surface area contributed by atoms with E-state index in [-0.39, 0.29) is 16.9 Å². The second kappa shape index (κ2) is 10.5. The maximum Gasteiger partial charge on any atom is 0.410 e. The predicted molar refractivity (Wildman–Crippen MR) is 133 cm³/mol. The van der Waals surface area contributed by atoms with E-state index in [1.807, 2.05) is 25.7 Å². The molecule has 0 aliphatic carbocycles. The maximum atomic E-state index is 15.1. The molecule has 2 heterocycles. The first-order valence-corrected chi connectivity index (χ1v) is 11.6. The Morgan fingerprint density at radius 2 is 2.06 bits per heavy atom. The molecule has 11 heteroatoms. The van der Waals surface area contributed by atoms with Crippen LogP contribution in [0.1, 0.15) is 20.8 Å². The van der Waals surface area contributed by atoms with E-state index in [1.165, 1.54) is 11.8 Å². The van der Waals surface area contributed by atoms with Crippen LogP contribution in [-0.4, -0.2) is 79.5 Å². The van der Waals surface area contributed by atoms with E-state index in [9.17, 15) is 4.79 Å². The monoisotopic (exact) mass is 484 g/mol. The maximum absolute atomic E-state index is 15.1. The summed E-state index contributed by atoms with van der Waals surface area (Å²) in [4.78, 5) is 30.4. The Labute approximate surface area is 198 Å². The van der Waals surface area contributed by atoms with E-state index < -0.39 is 17.5 Å². The van der Waals surface area contributed by atoms with Gasteiger partial charge in [-0.05, 0) is 33.7 Å². The van der Waals surface area contributed by atoms with Crippen LogP contribution >= 0.6 is 23.4 Å². The van der Waals surface area contributed by atoms with E-state index >= 15 is 4.39 Å². The van der Waals surface area contributed by atoms with Crippen molar-refractivity contribution in [3.05, 3.63) is 23.6 Å². The van der Waals surface area contributed by atoms with Crippen molar-refractivity contribution in [1.82, 2.24) is 9.88 Å². The minimum absolute atomic E-state index is 0.0268. The van der Waals surface area contributed by atoms with Crippen molar-refractivity contribution >= 4 is 58.5 Å². The quantitative estimate of drug-likeness (QED) is 0.269. The molecule has 1 aromatic heterocycles. The summed E-state index contributed by atoms with van der Waals surface area (Å²) in [5, 5.41) is 0.0122. The third-order valence-electron chi connectivity index (χ3n) is 4.61. The van der Waals surface area contributed by atoms with Gasteiger partial charge in [-0.1, -0.05) is 29.4 Å². The van der Waals surface area contributed by atoms with Crippen molar-refractivity contribution in [2.24, 2.45) is 9.98 Å². The summed E-state index contributed by atoms with van der Waals surface area (Å²) in [7, 11) is 3.58. The van der Waals surface area contributed by atoms with Gasteiger partial charge in [-0.25, -0.2) is 24.2 Å². The fourth-order valence-electron chi connectivity index (χ4n) is 3.21. The van der Waals surface area contributed by atoms with E-state index in [4.69, 9.17) is 16.3 Å². The van der Waals surface area contributed by atoms with Crippen molar-refractivity contribution in [2.75, 3.05) is 49.8 Å². The molecule has 0 bridgehead atoms. The molecule has 1 aliphatic heterocycles. The van der Waals surface area contributed by atoms with Crippen LogP contribution in [-0.2, 0) is 4.74 Å². The molecule has 32 heavy (non-hydrogen) atoms. The number of thioether (sulfide) groups is 1. The molecule has 1 atom stereocenters. The minimum atomic E-state index is -0.743. The van der Waals surface area contributed by atoms with Crippen LogP contribution < -0.4 is 9.80 Å². The molecule has 2 rings (SSSR count). The number of carbonyl (C=O) groups excluding carboxylic acids is 1. The second-order valence-electron chi connectivity index (χ2n) is 8.31. The van der Waals surface area contributed by atoms with Gasteiger partial charge in [-0.15, -0.1) is 6.58 Å². The number of aliphatic imine (C=N–C) groups is 2. The molecule has 176 valence electrons. The van der Waals surface area contributed by atoms with Crippen LogP contribution in [0.2, 0.25) is 5.15 Å². The number of amides is 1. The number of amidine groups is 1. The van der Waals surface area contributed by atoms with E-state index in [0.717, 1.165) is 0 Å². The fourth-order valence-corrected chi connectivity index (χ4v) is 3.69. The molecule has 0 radical (unpaired) electrons. The standard InChI is InChI=1S/C21H30ClFN6O2S/c1-9-13-12-28(10-11-29(13)20(30)31-21(2,3)4)16-15(25-19(24-5)32-8)14(23)17(22)26-18(16)27(6)7/h9,13H,1,5,10-12H2,2-4,6-8H3/b25-19+. The molecule has 1 aliphatic rings. The Hall–Kier alpha value is -2.33. The van der Waals surface area contributed by atoms with Crippen molar-refractivity contribution < 1.29 is 13.9 Å². The molecular weight excluding hydrogens is 455 g/mol. The van der Waals surface area contributed by atoms with Crippen molar-refractivity contribution in [3.63, 3.8) is 0 Å². The first-order valence-electron chi connectivity index (χ1n) is 9.96. The van der Waals surface area contributed by atoms with Gasteiger partial charge in [0.05, 0.1) is 6.04 Å². The lowest BCUT2D eigenvalue weighted by molar-refractivity contribution is 0.0184. The van der Waals surface area contributed by atoms with Gasteiger partial charge in [-0.2, -0.15) is 0 Å². The summed E-state index contributed by atoms with van der Waals surface area (Å²) in [6.45, 7) is 13.9. The SMILES string of the molecule is C=CC1CN(c2c(N(C)C)nc(Cl)c(F)c2/N=C(\N=C)SC)CCN1C(=O)OC(C)(C)C. The molecular formula is C21H30ClFN6O2S. The number of hydrogen-bond donors (Lipinski definition) is 0. The molecule has 1 saturated heterocycles. The molecule has 0 aromatic carbocycles. The van der Waals surface area contributed by atoms with Crippen LogP contribution in [0.3, 0.4) is 0 Å². The Morgan fingerprint density at radius 1 is 1.41 bits per heavy atom. The normalized spacial score (nSPS) is 17.2. The van der Waals surface area contributed by atoms with Crippen molar-refractivity contribution in [3.8, 4) is 0 Å². The summed E-state index contributed by atoms with van der Waals surface area (Å²) >= 11 is 7.32. The van der Waals surface area contributed by atoms with Crippen LogP contribution in [0, 0.1) is 5.82 Å². The van der Waals surface area contributed by atoms with Gasteiger partial charge >= 0.3 is 6.09 Å². The highest BCUT2D eigenvalue weighted by molar-refractivity contribution is 8.13. The zero-order valence-electron chi connectivity index (χ0n) is 19.4. The molecule has 0 N–H and O–H groups in total. The number of pyridine rings is 1. The average Bonchev–Trinajstić information content (AvgIpc) is 2.72. The van der Waals surface area contributed by atoms with Crippen LogP contribution in [0.15, 0.2) is 22.6 Å². The third-order valence-corrected chi connectivity index (χ3v) is 5.45. The van der Waals surface area contributed by atoms with Crippen LogP contribution in [0.5, 0.6) is 0 Å². The third kappa shape index (κ3) is 5.92. The largest absolute Gasteiger partial charge is 0.444 e. The number of halogens is 2. The van der Waals surface area contributed by atoms with Gasteiger partial charge in [-0.3, -0.25) is 4.90 Å². The average molecular weight is 485 g/mol. The molecule has 1 aromatic rings. The van der Waals surface area contributed by atoms with E-state index in [0.29, 0.717) is 36.3 Å². The summed E-state index contributed by atoms with van der Waals surface area (Å²) in [5.41, 5.74) is -0.128. The number of ether oxygens (including phenoxy) is 1. The lowest BCUT2D eigenvalue weighted by Gasteiger charge is -2.42. The van der Waals surface area contributed by atoms with Gasteiger partial charge in [0.1, 0.15) is 17.0 Å². The van der Waals surface area contributed by atoms with E-state index in [1.54, 1.807) is 36.2 Å². The predicted octanol–water partition coefficient (Wildman–Crippen LogP) is 4.60. The van der Waals surface area contributed by atoms with Gasteiger partial charge in [0, 0.05) is 33.7 Å². The summed E-state index contributed by atoms with van der Waals surface area (Å²) in [5.74, 6) is -0.291. The molecule has 1 fully saturated rings. The zero-order chi connectivity index (χ0) is 24.2. The Balaban J connectivity index is 2.54.